The van der Waals surface area contributed by atoms with Crippen LogP contribution < -0.4 is 4.74 Å². The molecule has 3 nitrogen and oxygen atoms in total. The molecule has 0 fully saturated rings. The van der Waals surface area contributed by atoms with Crippen LogP contribution in [-0.2, 0) is 6.61 Å². The first kappa shape index (κ1) is 13.5. The van der Waals surface area contributed by atoms with Crippen LogP contribution in [0.15, 0.2) is 48.7 Å². The van der Waals surface area contributed by atoms with E-state index in [9.17, 15) is 13.9 Å². The number of halogens is 2. The van der Waals surface area contributed by atoms with Crippen molar-refractivity contribution in [2.45, 2.75) is 6.61 Å². The van der Waals surface area contributed by atoms with E-state index in [1.807, 2.05) is 18.2 Å². The van der Waals surface area contributed by atoms with E-state index >= 15 is 0 Å². The van der Waals surface area contributed by atoms with Gasteiger partial charge in [-0.25, -0.2) is 13.8 Å². The topological polar surface area (TPSA) is 42.4 Å². The SMILES string of the molecule is OCc1cnc(Oc2ccc(F)c(F)c2)c2ccccc12. The Hall–Kier alpha value is -2.53. The molecule has 0 amide bonds. The number of hydrogen-bond acceptors (Lipinski definition) is 3. The van der Waals surface area contributed by atoms with Gasteiger partial charge in [-0.05, 0) is 23.6 Å². The van der Waals surface area contributed by atoms with Crippen LogP contribution in [0.2, 0.25) is 0 Å². The summed E-state index contributed by atoms with van der Waals surface area (Å²) in [6.07, 6.45) is 1.50. The number of nitrogens with zero attached hydrogens (tertiary/aromatic N) is 1. The number of aliphatic hydroxyl groups is 1. The monoisotopic (exact) mass is 287 g/mol. The first-order valence-corrected chi connectivity index (χ1v) is 6.29. The minimum absolute atomic E-state index is 0.140. The molecule has 0 radical (unpaired) electrons. The minimum Gasteiger partial charge on any atom is -0.438 e. The molecular formula is C16H11F2NO2. The van der Waals surface area contributed by atoms with Crippen molar-refractivity contribution in [3.8, 4) is 11.6 Å². The third kappa shape index (κ3) is 2.55. The molecule has 5 heteroatoms. The van der Waals surface area contributed by atoms with Crippen LogP contribution >= 0.6 is 0 Å². The second-order valence-electron chi connectivity index (χ2n) is 4.47. The normalized spacial score (nSPS) is 10.8. The predicted molar refractivity (Wildman–Crippen MR) is 74.1 cm³/mol. The van der Waals surface area contributed by atoms with Gasteiger partial charge in [0, 0.05) is 23.2 Å². The maximum atomic E-state index is 13.2. The van der Waals surface area contributed by atoms with Gasteiger partial charge in [-0.15, -0.1) is 0 Å². The molecule has 0 spiro atoms. The van der Waals surface area contributed by atoms with Gasteiger partial charge in [0.2, 0.25) is 5.88 Å². The summed E-state index contributed by atoms with van der Waals surface area (Å²) in [4.78, 5) is 4.13. The van der Waals surface area contributed by atoms with Crippen LogP contribution in [0.4, 0.5) is 8.78 Å². The third-order valence-electron chi connectivity index (χ3n) is 3.12. The van der Waals surface area contributed by atoms with Crippen LogP contribution in [0.3, 0.4) is 0 Å². The van der Waals surface area contributed by atoms with Crippen molar-refractivity contribution >= 4 is 10.8 Å². The lowest BCUT2D eigenvalue weighted by atomic mass is 10.1. The largest absolute Gasteiger partial charge is 0.438 e. The highest BCUT2D eigenvalue weighted by molar-refractivity contribution is 5.89. The summed E-state index contributed by atoms with van der Waals surface area (Å²) in [5.41, 5.74) is 0.670. The average molecular weight is 287 g/mol. The number of hydrogen-bond donors (Lipinski definition) is 1. The zero-order valence-corrected chi connectivity index (χ0v) is 10.9. The molecule has 3 aromatic rings. The first-order valence-electron chi connectivity index (χ1n) is 6.29. The van der Waals surface area contributed by atoms with Crippen molar-refractivity contribution in [2.24, 2.45) is 0 Å². The number of benzene rings is 2. The van der Waals surface area contributed by atoms with Crippen molar-refractivity contribution < 1.29 is 18.6 Å². The molecule has 0 saturated heterocycles. The van der Waals surface area contributed by atoms with Crippen molar-refractivity contribution in [1.82, 2.24) is 4.98 Å². The summed E-state index contributed by atoms with van der Waals surface area (Å²) in [5.74, 6) is -1.49. The van der Waals surface area contributed by atoms with Gasteiger partial charge in [0.1, 0.15) is 5.75 Å². The molecule has 3 rings (SSSR count). The van der Waals surface area contributed by atoms with Crippen LogP contribution in [0.25, 0.3) is 10.8 Å². The maximum Gasteiger partial charge on any atom is 0.227 e. The Morgan fingerprint density at radius 1 is 1.00 bits per heavy atom. The summed E-state index contributed by atoms with van der Waals surface area (Å²) < 4.78 is 31.6. The predicted octanol–water partition coefficient (Wildman–Crippen LogP) is 3.80. The van der Waals surface area contributed by atoms with E-state index in [1.165, 1.54) is 12.3 Å². The molecule has 1 aromatic heterocycles. The number of ether oxygens (including phenoxy) is 1. The summed E-state index contributed by atoms with van der Waals surface area (Å²) in [5, 5.41) is 10.8. The molecule has 2 aromatic carbocycles. The number of pyridine rings is 1. The Morgan fingerprint density at radius 2 is 1.76 bits per heavy atom. The van der Waals surface area contributed by atoms with Crippen LogP contribution in [0, 0.1) is 11.6 Å². The molecule has 1 heterocycles. The number of fused-ring (bicyclic) bond motifs is 1. The molecule has 0 aliphatic rings. The molecule has 21 heavy (non-hydrogen) atoms. The smallest absolute Gasteiger partial charge is 0.227 e. The van der Waals surface area contributed by atoms with Gasteiger partial charge in [-0.1, -0.05) is 18.2 Å². The van der Waals surface area contributed by atoms with E-state index in [0.29, 0.717) is 10.9 Å². The maximum absolute atomic E-state index is 13.2. The van der Waals surface area contributed by atoms with Crippen molar-refractivity contribution in [3.63, 3.8) is 0 Å². The standard InChI is InChI=1S/C16H11F2NO2/c17-14-6-5-11(7-15(14)18)21-16-13-4-2-1-3-12(13)10(9-20)8-19-16/h1-8,20H,9H2. The molecule has 106 valence electrons. The zero-order valence-electron chi connectivity index (χ0n) is 10.9. The van der Waals surface area contributed by atoms with Gasteiger partial charge in [0.15, 0.2) is 11.6 Å². The van der Waals surface area contributed by atoms with Gasteiger partial charge in [-0.3, -0.25) is 0 Å². The number of rotatable bonds is 3. The molecule has 0 bridgehead atoms. The Bertz CT molecular complexity index is 805. The first-order chi connectivity index (χ1) is 10.2. The highest BCUT2D eigenvalue weighted by atomic mass is 19.2. The highest BCUT2D eigenvalue weighted by Gasteiger charge is 2.10. The number of aromatic nitrogens is 1. The molecule has 0 aliphatic carbocycles. The van der Waals surface area contributed by atoms with E-state index in [2.05, 4.69) is 4.98 Å². The van der Waals surface area contributed by atoms with Gasteiger partial charge in [0.25, 0.3) is 0 Å². The third-order valence-corrected chi connectivity index (χ3v) is 3.12. The zero-order chi connectivity index (χ0) is 14.8. The van der Waals surface area contributed by atoms with E-state index in [-0.39, 0.29) is 18.2 Å². The molecule has 0 atom stereocenters. The molecular weight excluding hydrogens is 276 g/mol. The molecule has 1 N–H and O–H groups in total. The summed E-state index contributed by atoms with van der Waals surface area (Å²) in [6.45, 7) is -0.140. The number of aliphatic hydroxyl groups excluding tert-OH is 1. The minimum atomic E-state index is -0.983. The van der Waals surface area contributed by atoms with Crippen LogP contribution in [0.5, 0.6) is 11.6 Å². The highest BCUT2D eigenvalue weighted by Crippen LogP contribution is 2.30. The Labute approximate surface area is 119 Å². The summed E-state index contributed by atoms with van der Waals surface area (Å²) in [6, 6.07) is 10.6. The average Bonchev–Trinajstić information content (AvgIpc) is 2.51. The molecule has 0 unspecified atom stereocenters. The van der Waals surface area contributed by atoms with E-state index in [1.54, 1.807) is 6.07 Å². The molecule has 0 saturated carbocycles. The quantitative estimate of drug-likeness (QED) is 0.796. The summed E-state index contributed by atoms with van der Waals surface area (Å²) >= 11 is 0. The Kier molecular flexibility index (Phi) is 3.50. The van der Waals surface area contributed by atoms with Crippen molar-refractivity contribution in [1.29, 1.82) is 0 Å². The second-order valence-corrected chi connectivity index (χ2v) is 4.47. The Morgan fingerprint density at radius 3 is 2.48 bits per heavy atom. The van der Waals surface area contributed by atoms with Crippen LogP contribution in [-0.4, -0.2) is 10.1 Å². The fourth-order valence-corrected chi connectivity index (χ4v) is 2.08. The molecule has 0 aliphatic heterocycles. The van der Waals surface area contributed by atoms with Gasteiger partial charge < -0.3 is 9.84 Å². The fourth-order valence-electron chi connectivity index (χ4n) is 2.08. The van der Waals surface area contributed by atoms with Gasteiger partial charge in [-0.2, -0.15) is 0 Å². The van der Waals surface area contributed by atoms with Crippen LogP contribution in [0.1, 0.15) is 5.56 Å². The van der Waals surface area contributed by atoms with E-state index < -0.39 is 11.6 Å². The lowest BCUT2D eigenvalue weighted by Crippen LogP contribution is -1.94. The fraction of sp³-hybridized carbons (Fsp3) is 0.0625. The summed E-state index contributed by atoms with van der Waals surface area (Å²) in [7, 11) is 0. The van der Waals surface area contributed by atoms with E-state index in [0.717, 1.165) is 17.5 Å². The second kappa shape index (κ2) is 5.46. The van der Waals surface area contributed by atoms with Gasteiger partial charge >= 0.3 is 0 Å². The lowest BCUT2D eigenvalue weighted by molar-refractivity contribution is 0.282. The van der Waals surface area contributed by atoms with E-state index in [4.69, 9.17) is 4.74 Å². The van der Waals surface area contributed by atoms with Crippen molar-refractivity contribution in [3.05, 3.63) is 65.9 Å². The lowest BCUT2D eigenvalue weighted by Gasteiger charge is -2.10. The van der Waals surface area contributed by atoms with Crippen molar-refractivity contribution in [2.75, 3.05) is 0 Å². The van der Waals surface area contributed by atoms with Gasteiger partial charge in [0.05, 0.1) is 6.61 Å². The Balaban J connectivity index is 2.06.